The van der Waals surface area contributed by atoms with E-state index in [-0.39, 0.29) is 0 Å². The molecule has 1 aromatic heterocycles. The number of ether oxygens (including phenoxy) is 1. The van der Waals surface area contributed by atoms with E-state index in [1.807, 2.05) is 12.4 Å². The van der Waals surface area contributed by atoms with Gasteiger partial charge < -0.3 is 10.1 Å². The fourth-order valence-corrected chi connectivity index (χ4v) is 3.10. The Hall–Kier alpha value is -0.450. The molecule has 0 aliphatic carbocycles. The van der Waals surface area contributed by atoms with Crippen LogP contribution in [0.15, 0.2) is 22.9 Å². The molecular weight excluding hydrogens is 304 g/mol. The highest BCUT2D eigenvalue weighted by Crippen LogP contribution is 2.25. The van der Waals surface area contributed by atoms with Crippen molar-refractivity contribution in [3.63, 3.8) is 0 Å². The minimum absolute atomic E-state index is 0.400. The Morgan fingerprint density at radius 2 is 2.37 bits per heavy atom. The number of hydrogen-bond donors (Lipinski definition) is 1. The maximum absolute atomic E-state index is 5.72. The summed E-state index contributed by atoms with van der Waals surface area (Å²) < 4.78 is 6.77. The molecule has 1 aliphatic heterocycles. The van der Waals surface area contributed by atoms with Crippen LogP contribution < -0.4 is 5.32 Å². The zero-order valence-electron chi connectivity index (χ0n) is 11.7. The van der Waals surface area contributed by atoms with Crippen LogP contribution in [0.3, 0.4) is 0 Å². The van der Waals surface area contributed by atoms with E-state index in [1.54, 1.807) is 0 Å². The third-order valence-electron chi connectivity index (χ3n) is 3.67. The van der Waals surface area contributed by atoms with Gasteiger partial charge in [0.2, 0.25) is 0 Å². The molecule has 1 aliphatic rings. The highest BCUT2D eigenvalue weighted by Gasteiger charge is 2.29. The van der Waals surface area contributed by atoms with Crippen LogP contribution in [-0.4, -0.2) is 30.3 Å². The molecule has 3 nitrogen and oxygen atoms in total. The van der Waals surface area contributed by atoms with Gasteiger partial charge in [0.25, 0.3) is 0 Å². The molecular formula is C15H23BrN2O. The molecule has 106 valence electrons. The summed E-state index contributed by atoms with van der Waals surface area (Å²) in [6.07, 6.45) is 7.53. The van der Waals surface area contributed by atoms with Crippen molar-refractivity contribution < 1.29 is 4.74 Å². The third-order valence-corrected chi connectivity index (χ3v) is 4.11. The number of nitrogens with one attached hydrogen (secondary N) is 1. The summed E-state index contributed by atoms with van der Waals surface area (Å²) in [5, 5.41) is 3.68. The van der Waals surface area contributed by atoms with Crippen molar-refractivity contribution in [3.8, 4) is 0 Å². The van der Waals surface area contributed by atoms with Crippen LogP contribution in [-0.2, 0) is 11.2 Å². The molecule has 0 bridgehead atoms. The first kappa shape index (κ1) is 14.9. The summed E-state index contributed by atoms with van der Waals surface area (Å²) in [6.45, 7) is 6.32. The molecule has 0 radical (unpaired) electrons. The molecule has 0 spiro atoms. The van der Waals surface area contributed by atoms with Crippen molar-refractivity contribution in [2.45, 2.75) is 45.3 Å². The van der Waals surface area contributed by atoms with Gasteiger partial charge in [-0.1, -0.05) is 6.92 Å². The van der Waals surface area contributed by atoms with Gasteiger partial charge in [-0.05, 0) is 60.3 Å². The van der Waals surface area contributed by atoms with Crippen molar-refractivity contribution in [1.82, 2.24) is 10.3 Å². The van der Waals surface area contributed by atoms with Gasteiger partial charge in [0.05, 0.1) is 12.7 Å². The quantitative estimate of drug-likeness (QED) is 0.871. The van der Waals surface area contributed by atoms with Crippen LogP contribution >= 0.6 is 15.9 Å². The van der Waals surface area contributed by atoms with Gasteiger partial charge in [-0.25, -0.2) is 0 Å². The molecule has 2 rings (SSSR count). The Morgan fingerprint density at radius 1 is 1.53 bits per heavy atom. The van der Waals surface area contributed by atoms with E-state index in [4.69, 9.17) is 4.74 Å². The number of halogens is 1. The first-order valence-electron chi connectivity index (χ1n) is 7.13. The van der Waals surface area contributed by atoms with Crippen molar-refractivity contribution in [1.29, 1.82) is 0 Å². The lowest BCUT2D eigenvalue weighted by Gasteiger charge is -2.24. The van der Waals surface area contributed by atoms with Crippen molar-refractivity contribution in [2.75, 3.05) is 13.2 Å². The van der Waals surface area contributed by atoms with Crippen LogP contribution in [0.2, 0.25) is 0 Å². The predicted octanol–water partition coefficient (Wildman–Crippen LogP) is 3.18. The van der Waals surface area contributed by atoms with Crippen LogP contribution in [0.5, 0.6) is 0 Å². The summed E-state index contributed by atoms with van der Waals surface area (Å²) >= 11 is 3.49. The molecule has 1 fully saturated rings. The van der Waals surface area contributed by atoms with Crippen LogP contribution in [0.4, 0.5) is 0 Å². The molecule has 19 heavy (non-hydrogen) atoms. The molecule has 1 N–H and O–H groups in total. The highest BCUT2D eigenvalue weighted by atomic mass is 79.9. The van der Waals surface area contributed by atoms with Crippen molar-refractivity contribution in [2.24, 2.45) is 5.92 Å². The first-order chi connectivity index (χ1) is 9.19. The Labute approximate surface area is 124 Å². The molecule has 1 saturated heterocycles. The van der Waals surface area contributed by atoms with E-state index < -0.39 is 0 Å². The maximum Gasteiger partial charge on any atom is 0.0551 e. The Kier molecular flexibility index (Phi) is 5.79. The van der Waals surface area contributed by atoms with E-state index in [0.29, 0.717) is 18.1 Å². The smallest absolute Gasteiger partial charge is 0.0551 e. The van der Waals surface area contributed by atoms with Crippen molar-refractivity contribution >= 4 is 15.9 Å². The standard InChI is InChI=1S/C15H23BrN2O/c1-3-4-18-15(13-5-11(2)19-10-13)7-12-6-14(16)9-17-8-12/h6,8-9,11,13,15,18H,3-5,7,10H2,1-2H3. The summed E-state index contributed by atoms with van der Waals surface area (Å²) in [5.74, 6) is 0.612. The fourth-order valence-electron chi connectivity index (χ4n) is 2.69. The monoisotopic (exact) mass is 326 g/mol. The lowest BCUT2D eigenvalue weighted by atomic mass is 9.92. The number of rotatable bonds is 6. The van der Waals surface area contributed by atoms with E-state index in [9.17, 15) is 0 Å². The number of nitrogens with zero attached hydrogens (tertiary/aromatic N) is 1. The van der Waals surface area contributed by atoms with Gasteiger partial charge in [-0.3, -0.25) is 4.98 Å². The van der Waals surface area contributed by atoms with Gasteiger partial charge in [-0.2, -0.15) is 0 Å². The largest absolute Gasteiger partial charge is 0.378 e. The Morgan fingerprint density at radius 3 is 3.00 bits per heavy atom. The Bertz CT molecular complexity index is 399. The van der Waals surface area contributed by atoms with Gasteiger partial charge in [-0.15, -0.1) is 0 Å². The third kappa shape index (κ3) is 4.55. The Balaban J connectivity index is 2.00. The zero-order valence-corrected chi connectivity index (χ0v) is 13.3. The molecule has 3 unspecified atom stereocenters. The van der Waals surface area contributed by atoms with E-state index in [2.05, 4.69) is 46.1 Å². The topological polar surface area (TPSA) is 34.2 Å². The maximum atomic E-state index is 5.72. The molecule has 0 amide bonds. The number of aromatic nitrogens is 1. The van der Waals surface area contributed by atoms with E-state index in [0.717, 1.165) is 36.9 Å². The van der Waals surface area contributed by atoms with Gasteiger partial charge >= 0.3 is 0 Å². The fraction of sp³-hybridized carbons (Fsp3) is 0.667. The molecule has 0 aromatic carbocycles. The predicted molar refractivity (Wildman–Crippen MR) is 81.2 cm³/mol. The average Bonchev–Trinajstić information content (AvgIpc) is 2.81. The van der Waals surface area contributed by atoms with E-state index >= 15 is 0 Å². The van der Waals surface area contributed by atoms with Crippen molar-refractivity contribution in [3.05, 3.63) is 28.5 Å². The lowest BCUT2D eigenvalue weighted by Crippen LogP contribution is -2.39. The summed E-state index contributed by atoms with van der Waals surface area (Å²) in [6, 6.07) is 2.65. The highest BCUT2D eigenvalue weighted by molar-refractivity contribution is 9.10. The molecule has 3 atom stereocenters. The minimum Gasteiger partial charge on any atom is -0.378 e. The normalized spacial score (nSPS) is 24.6. The SMILES string of the molecule is CCCNC(Cc1cncc(Br)c1)C1COC(C)C1. The van der Waals surface area contributed by atoms with Crippen LogP contribution in [0, 0.1) is 5.92 Å². The van der Waals surface area contributed by atoms with E-state index in [1.165, 1.54) is 5.56 Å². The van der Waals surface area contributed by atoms with Gasteiger partial charge in [0, 0.05) is 28.8 Å². The van der Waals surface area contributed by atoms with Gasteiger partial charge in [0.15, 0.2) is 0 Å². The van der Waals surface area contributed by atoms with Gasteiger partial charge in [0.1, 0.15) is 0 Å². The molecule has 1 aromatic rings. The molecule has 4 heteroatoms. The first-order valence-corrected chi connectivity index (χ1v) is 7.92. The molecule has 0 saturated carbocycles. The average molecular weight is 327 g/mol. The second-order valence-electron chi connectivity index (χ2n) is 5.42. The second-order valence-corrected chi connectivity index (χ2v) is 6.33. The van der Waals surface area contributed by atoms with Crippen LogP contribution in [0.25, 0.3) is 0 Å². The molecule has 2 heterocycles. The number of hydrogen-bond acceptors (Lipinski definition) is 3. The zero-order chi connectivity index (χ0) is 13.7. The lowest BCUT2D eigenvalue weighted by molar-refractivity contribution is 0.117. The van der Waals surface area contributed by atoms with Crippen LogP contribution in [0.1, 0.15) is 32.3 Å². The summed E-state index contributed by atoms with van der Waals surface area (Å²) in [4.78, 5) is 4.25. The number of pyridine rings is 1. The minimum atomic E-state index is 0.400. The summed E-state index contributed by atoms with van der Waals surface area (Å²) in [7, 11) is 0. The second kappa shape index (κ2) is 7.36. The summed E-state index contributed by atoms with van der Waals surface area (Å²) in [5.41, 5.74) is 1.28.